The largest absolute Gasteiger partial charge is 0.440 e. The van der Waals surface area contributed by atoms with Crippen molar-refractivity contribution in [1.29, 1.82) is 0 Å². The van der Waals surface area contributed by atoms with E-state index in [0.717, 1.165) is 36.8 Å². The smallest absolute Gasteiger partial charge is 0.253 e. The van der Waals surface area contributed by atoms with Crippen molar-refractivity contribution < 1.29 is 18.7 Å². The van der Waals surface area contributed by atoms with Gasteiger partial charge in [0.15, 0.2) is 11.5 Å². The lowest BCUT2D eigenvalue weighted by Crippen LogP contribution is -2.39. The maximum Gasteiger partial charge on any atom is 0.253 e. The molecule has 1 N–H and O–H groups in total. The second-order valence-corrected chi connectivity index (χ2v) is 8.18. The fourth-order valence-corrected chi connectivity index (χ4v) is 4.35. The van der Waals surface area contributed by atoms with Crippen LogP contribution in [0.2, 0.25) is 0 Å². The Labute approximate surface area is 180 Å². The normalized spacial score (nSPS) is 21.4. The lowest BCUT2D eigenvalue weighted by Gasteiger charge is -2.31. The van der Waals surface area contributed by atoms with E-state index in [-0.39, 0.29) is 17.7 Å². The summed E-state index contributed by atoms with van der Waals surface area (Å²) in [6.07, 6.45) is 3.06. The van der Waals surface area contributed by atoms with Crippen LogP contribution in [0, 0.1) is 0 Å². The van der Waals surface area contributed by atoms with Gasteiger partial charge >= 0.3 is 0 Å². The van der Waals surface area contributed by atoms with Crippen molar-refractivity contribution in [2.24, 2.45) is 0 Å². The molecule has 2 atom stereocenters. The number of hydrogen-bond donors (Lipinski definition) is 1. The maximum atomic E-state index is 13.2. The Hall–Kier alpha value is -3.19. The molecule has 1 aromatic heterocycles. The average Bonchev–Trinajstić information content (AvgIpc) is 3.49. The number of carbonyl (C=O) groups is 2. The van der Waals surface area contributed by atoms with Gasteiger partial charge in [-0.3, -0.25) is 9.59 Å². The number of piperidine rings is 1. The maximum absolute atomic E-state index is 13.2. The van der Waals surface area contributed by atoms with E-state index in [1.54, 1.807) is 24.3 Å². The van der Waals surface area contributed by atoms with Crippen LogP contribution in [0.15, 0.2) is 52.9 Å². The fourth-order valence-electron chi connectivity index (χ4n) is 4.35. The Morgan fingerprint density at radius 1 is 1.06 bits per heavy atom. The molecular weight excluding hydrogens is 394 g/mol. The van der Waals surface area contributed by atoms with Crippen LogP contribution < -0.4 is 5.32 Å². The highest BCUT2D eigenvalue weighted by Crippen LogP contribution is 2.30. The molecule has 2 aliphatic heterocycles. The number of ether oxygens (including phenoxy) is 1. The first kappa shape index (κ1) is 19.8. The number of nitrogens with zero attached hydrogens (tertiary/aromatic N) is 2. The number of nitrogens with one attached hydrogen (secondary N) is 1. The third-order valence-corrected chi connectivity index (χ3v) is 5.97. The first-order valence-electron chi connectivity index (χ1n) is 10.8. The van der Waals surface area contributed by atoms with E-state index < -0.39 is 6.10 Å². The standard InChI is InChI=1S/C24H25N3O4/c28-22(21-11-5-13-30-21)25-18-8-3-6-16(14-18)24(29)27-12-4-7-17(15-27)23-26-19-9-1-2-10-20(19)31-23/h1-3,6,8-10,14,17,21H,4-5,7,11-13,15H2,(H,25,28). The predicted octanol–water partition coefficient (Wildman–Crippen LogP) is 3.97. The summed E-state index contributed by atoms with van der Waals surface area (Å²) in [4.78, 5) is 32.0. The van der Waals surface area contributed by atoms with E-state index in [2.05, 4.69) is 10.3 Å². The van der Waals surface area contributed by atoms with Gasteiger partial charge in [-0.2, -0.15) is 0 Å². The third-order valence-electron chi connectivity index (χ3n) is 5.97. The Morgan fingerprint density at radius 2 is 1.97 bits per heavy atom. The molecule has 5 rings (SSSR count). The van der Waals surface area contributed by atoms with Crippen LogP contribution in [-0.4, -0.2) is 47.5 Å². The molecule has 2 aromatic carbocycles. The molecule has 7 heteroatoms. The minimum atomic E-state index is -0.404. The Balaban J connectivity index is 1.28. The Bertz CT molecular complexity index is 1070. The van der Waals surface area contributed by atoms with Gasteiger partial charge < -0.3 is 19.4 Å². The van der Waals surface area contributed by atoms with Crippen molar-refractivity contribution >= 4 is 28.6 Å². The molecule has 3 heterocycles. The van der Waals surface area contributed by atoms with Crippen LogP contribution in [0.1, 0.15) is 47.8 Å². The van der Waals surface area contributed by atoms with Crippen LogP contribution in [-0.2, 0) is 9.53 Å². The summed E-state index contributed by atoms with van der Waals surface area (Å²) in [6, 6.07) is 14.8. The van der Waals surface area contributed by atoms with Gasteiger partial charge in [-0.1, -0.05) is 18.2 Å². The average molecular weight is 419 g/mol. The highest BCUT2D eigenvalue weighted by atomic mass is 16.5. The van der Waals surface area contributed by atoms with E-state index in [9.17, 15) is 9.59 Å². The zero-order chi connectivity index (χ0) is 21.2. The van der Waals surface area contributed by atoms with Crippen molar-refractivity contribution in [3.8, 4) is 0 Å². The van der Waals surface area contributed by atoms with Crippen LogP contribution in [0.3, 0.4) is 0 Å². The number of anilines is 1. The summed E-state index contributed by atoms with van der Waals surface area (Å²) < 4.78 is 11.4. The van der Waals surface area contributed by atoms with Crippen molar-refractivity contribution in [3.63, 3.8) is 0 Å². The highest BCUT2D eigenvalue weighted by Gasteiger charge is 2.29. The monoisotopic (exact) mass is 419 g/mol. The molecule has 7 nitrogen and oxygen atoms in total. The molecule has 0 bridgehead atoms. The first-order chi connectivity index (χ1) is 15.2. The number of carbonyl (C=O) groups excluding carboxylic acids is 2. The van der Waals surface area contributed by atoms with Crippen molar-refractivity contribution in [3.05, 3.63) is 60.0 Å². The van der Waals surface area contributed by atoms with Gasteiger partial charge in [0, 0.05) is 30.9 Å². The fraction of sp³-hybridized carbons (Fsp3) is 0.375. The summed E-state index contributed by atoms with van der Waals surface area (Å²) in [5, 5.41) is 2.87. The SMILES string of the molecule is O=C(Nc1cccc(C(=O)N2CCCC(c3nc4ccccc4o3)C2)c1)C1CCCO1. The summed E-state index contributed by atoms with van der Waals surface area (Å²) in [7, 11) is 0. The molecule has 160 valence electrons. The summed E-state index contributed by atoms with van der Waals surface area (Å²) in [5.41, 5.74) is 2.79. The zero-order valence-corrected chi connectivity index (χ0v) is 17.3. The van der Waals surface area contributed by atoms with Gasteiger partial charge in [-0.25, -0.2) is 4.98 Å². The van der Waals surface area contributed by atoms with Crippen molar-refractivity contribution in [2.45, 2.75) is 37.7 Å². The minimum Gasteiger partial charge on any atom is -0.440 e. The molecule has 3 aromatic rings. The lowest BCUT2D eigenvalue weighted by atomic mass is 9.97. The Morgan fingerprint density at radius 3 is 2.81 bits per heavy atom. The molecule has 0 spiro atoms. The predicted molar refractivity (Wildman–Crippen MR) is 116 cm³/mol. The van der Waals surface area contributed by atoms with Gasteiger partial charge in [0.05, 0.1) is 5.92 Å². The number of aromatic nitrogens is 1. The van der Waals surface area contributed by atoms with Gasteiger partial charge in [0.25, 0.3) is 11.8 Å². The number of oxazole rings is 1. The topological polar surface area (TPSA) is 84.7 Å². The van der Waals surface area contributed by atoms with Crippen LogP contribution >= 0.6 is 0 Å². The van der Waals surface area contributed by atoms with E-state index in [1.807, 2.05) is 29.2 Å². The van der Waals surface area contributed by atoms with Crippen LogP contribution in [0.5, 0.6) is 0 Å². The highest BCUT2D eigenvalue weighted by molar-refractivity contribution is 5.98. The molecule has 2 saturated heterocycles. The van der Waals surface area contributed by atoms with Crippen molar-refractivity contribution in [2.75, 3.05) is 25.0 Å². The van der Waals surface area contributed by atoms with E-state index in [1.165, 1.54) is 0 Å². The molecular formula is C24H25N3O4. The van der Waals surface area contributed by atoms with E-state index in [0.29, 0.717) is 36.8 Å². The summed E-state index contributed by atoms with van der Waals surface area (Å²) in [5.74, 6) is 0.564. The zero-order valence-electron chi connectivity index (χ0n) is 17.3. The number of likely N-dealkylation sites (tertiary alicyclic amines) is 1. The number of benzene rings is 2. The molecule has 2 amide bonds. The molecule has 31 heavy (non-hydrogen) atoms. The molecule has 2 fully saturated rings. The van der Waals surface area contributed by atoms with Gasteiger partial charge in [0.1, 0.15) is 11.6 Å². The molecule has 2 unspecified atom stereocenters. The number of para-hydroxylation sites is 2. The second kappa shape index (κ2) is 8.51. The number of rotatable bonds is 4. The Kier molecular flexibility index (Phi) is 5.42. The van der Waals surface area contributed by atoms with Crippen molar-refractivity contribution in [1.82, 2.24) is 9.88 Å². The molecule has 0 radical (unpaired) electrons. The third kappa shape index (κ3) is 4.18. The lowest BCUT2D eigenvalue weighted by molar-refractivity contribution is -0.124. The number of hydrogen-bond acceptors (Lipinski definition) is 5. The quantitative estimate of drug-likeness (QED) is 0.692. The summed E-state index contributed by atoms with van der Waals surface area (Å²) >= 11 is 0. The number of amides is 2. The van der Waals surface area contributed by atoms with Gasteiger partial charge in [-0.05, 0) is 56.0 Å². The van der Waals surface area contributed by atoms with Crippen LogP contribution in [0.25, 0.3) is 11.1 Å². The van der Waals surface area contributed by atoms with Gasteiger partial charge in [0.2, 0.25) is 0 Å². The van der Waals surface area contributed by atoms with Crippen LogP contribution in [0.4, 0.5) is 5.69 Å². The van der Waals surface area contributed by atoms with E-state index in [4.69, 9.17) is 9.15 Å². The minimum absolute atomic E-state index is 0.0472. The number of fused-ring (bicyclic) bond motifs is 1. The van der Waals surface area contributed by atoms with Gasteiger partial charge in [-0.15, -0.1) is 0 Å². The second-order valence-electron chi connectivity index (χ2n) is 8.18. The molecule has 0 aliphatic carbocycles. The molecule has 0 saturated carbocycles. The first-order valence-corrected chi connectivity index (χ1v) is 10.8. The molecule has 2 aliphatic rings. The van der Waals surface area contributed by atoms with E-state index >= 15 is 0 Å². The summed E-state index contributed by atoms with van der Waals surface area (Å²) in [6.45, 7) is 1.88.